The van der Waals surface area contributed by atoms with E-state index in [0.717, 1.165) is 13.1 Å². The van der Waals surface area contributed by atoms with E-state index >= 15 is 0 Å². The van der Waals surface area contributed by atoms with Crippen LogP contribution in [-0.4, -0.2) is 36.2 Å². The zero-order chi connectivity index (χ0) is 11.9. The third-order valence-electron chi connectivity index (χ3n) is 3.13. The summed E-state index contributed by atoms with van der Waals surface area (Å²) in [6.07, 6.45) is 2.64. The fraction of sp³-hybridized carbons (Fsp3) is 0.571. The first-order valence-corrected chi connectivity index (χ1v) is 7.52. The SMILES string of the molecule is CCCCSN1CCN(c2ccccc2)CC1. The topological polar surface area (TPSA) is 6.48 Å². The molecule has 0 radical (unpaired) electrons. The van der Waals surface area contributed by atoms with E-state index in [1.165, 1.54) is 37.4 Å². The van der Waals surface area contributed by atoms with Crippen LogP contribution in [0.1, 0.15) is 19.8 Å². The molecule has 0 N–H and O–H groups in total. The van der Waals surface area contributed by atoms with E-state index in [0.29, 0.717) is 0 Å². The molecule has 1 saturated heterocycles. The number of piperazine rings is 1. The van der Waals surface area contributed by atoms with Gasteiger partial charge in [0, 0.05) is 37.6 Å². The van der Waals surface area contributed by atoms with Gasteiger partial charge in [0.15, 0.2) is 0 Å². The van der Waals surface area contributed by atoms with Gasteiger partial charge < -0.3 is 4.90 Å². The van der Waals surface area contributed by atoms with Crippen molar-refractivity contribution in [1.29, 1.82) is 0 Å². The minimum absolute atomic E-state index is 1.16. The lowest BCUT2D eigenvalue weighted by Crippen LogP contribution is -2.43. The van der Waals surface area contributed by atoms with Crippen molar-refractivity contribution in [1.82, 2.24) is 4.31 Å². The molecule has 0 amide bonds. The van der Waals surface area contributed by atoms with Gasteiger partial charge in [-0.3, -0.25) is 0 Å². The van der Waals surface area contributed by atoms with Gasteiger partial charge in [0.25, 0.3) is 0 Å². The van der Waals surface area contributed by atoms with E-state index in [2.05, 4.69) is 46.5 Å². The van der Waals surface area contributed by atoms with Crippen LogP contribution in [0.15, 0.2) is 30.3 Å². The summed E-state index contributed by atoms with van der Waals surface area (Å²) in [7, 11) is 0. The largest absolute Gasteiger partial charge is 0.369 e. The van der Waals surface area contributed by atoms with Crippen LogP contribution < -0.4 is 4.90 Å². The van der Waals surface area contributed by atoms with Gasteiger partial charge in [-0.25, -0.2) is 4.31 Å². The van der Waals surface area contributed by atoms with Crippen molar-refractivity contribution >= 4 is 17.6 Å². The molecule has 17 heavy (non-hydrogen) atoms. The van der Waals surface area contributed by atoms with Crippen LogP contribution in [0.5, 0.6) is 0 Å². The van der Waals surface area contributed by atoms with Crippen LogP contribution in [0.25, 0.3) is 0 Å². The Balaban J connectivity index is 1.74. The highest BCUT2D eigenvalue weighted by Crippen LogP contribution is 2.19. The number of benzene rings is 1. The Morgan fingerprint density at radius 2 is 1.76 bits per heavy atom. The maximum Gasteiger partial charge on any atom is 0.0367 e. The van der Waals surface area contributed by atoms with Gasteiger partial charge in [-0.05, 0) is 18.6 Å². The Labute approximate surface area is 109 Å². The Kier molecular flexibility index (Phi) is 5.20. The molecule has 0 unspecified atom stereocenters. The molecule has 0 bridgehead atoms. The van der Waals surface area contributed by atoms with Gasteiger partial charge in [-0.2, -0.15) is 0 Å². The molecule has 1 aromatic rings. The van der Waals surface area contributed by atoms with Gasteiger partial charge in [0.05, 0.1) is 0 Å². The molecule has 0 atom stereocenters. The molecule has 94 valence electrons. The van der Waals surface area contributed by atoms with Crippen molar-refractivity contribution in [3.8, 4) is 0 Å². The molecule has 1 fully saturated rings. The third kappa shape index (κ3) is 3.93. The number of rotatable bonds is 5. The lowest BCUT2D eigenvalue weighted by Gasteiger charge is -2.35. The van der Waals surface area contributed by atoms with Crippen molar-refractivity contribution in [2.45, 2.75) is 19.8 Å². The van der Waals surface area contributed by atoms with Crippen molar-refractivity contribution in [3.63, 3.8) is 0 Å². The predicted octanol–water partition coefficient (Wildman–Crippen LogP) is 3.26. The number of hydrogen-bond donors (Lipinski definition) is 0. The monoisotopic (exact) mass is 250 g/mol. The number of para-hydroxylation sites is 1. The lowest BCUT2D eigenvalue weighted by molar-refractivity contribution is 0.429. The van der Waals surface area contributed by atoms with E-state index in [1.807, 2.05) is 11.9 Å². The first kappa shape index (κ1) is 12.8. The van der Waals surface area contributed by atoms with Crippen molar-refractivity contribution in [3.05, 3.63) is 30.3 Å². The highest BCUT2D eigenvalue weighted by atomic mass is 32.2. The van der Waals surface area contributed by atoms with Gasteiger partial charge in [0.2, 0.25) is 0 Å². The van der Waals surface area contributed by atoms with E-state index in [-0.39, 0.29) is 0 Å². The van der Waals surface area contributed by atoms with Crippen LogP contribution in [-0.2, 0) is 0 Å². The molecule has 1 heterocycles. The molecule has 0 spiro atoms. The molecule has 3 heteroatoms. The molecular formula is C14H22N2S. The maximum atomic E-state index is 2.52. The quantitative estimate of drug-likeness (QED) is 0.585. The lowest BCUT2D eigenvalue weighted by atomic mass is 10.2. The molecule has 0 aliphatic carbocycles. The average molecular weight is 250 g/mol. The molecule has 2 rings (SSSR count). The summed E-state index contributed by atoms with van der Waals surface area (Å²) in [4.78, 5) is 2.48. The van der Waals surface area contributed by atoms with E-state index in [1.54, 1.807) is 0 Å². The van der Waals surface area contributed by atoms with Crippen LogP contribution >= 0.6 is 11.9 Å². The minimum Gasteiger partial charge on any atom is -0.369 e. The van der Waals surface area contributed by atoms with Gasteiger partial charge in [-0.15, -0.1) is 0 Å². The number of hydrogen-bond acceptors (Lipinski definition) is 3. The van der Waals surface area contributed by atoms with Gasteiger partial charge in [0.1, 0.15) is 0 Å². The van der Waals surface area contributed by atoms with E-state index < -0.39 is 0 Å². The molecule has 0 aromatic heterocycles. The molecular weight excluding hydrogens is 228 g/mol. The van der Waals surface area contributed by atoms with Crippen molar-refractivity contribution < 1.29 is 0 Å². The molecule has 1 aliphatic rings. The fourth-order valence-corrected chi connectivity index (χ4v) is 3.15. The molecule has 2 nitrogen and oxygen atoms in total. The summed E-state index contributed by atoms with van der Waals surface area (Å²) < 4.78 is 2.52. The Morgan fingerprint density at radius 1 is 1.06 bits per heavy atom. The van der Waals surface area contributed by atoms with Crippen LogP contribution in [0.3, 0.4) is 0 Å². The second-order valence-electron chi connectivity index (χ2n) is 4.44. The summed E-state index contributed by atoms with van der Waals surface area (Å²) in [5, 5.41) is 0. The van der Waals surface area contributed by atoms with Crippen molar-refractivity contribution in [2.75, 3.05) is 36.8 Å². The average Bonchev–Trinajstić information content (AvgIpc) is 2.41. The molecule has 1 aromatic carbocycles. The smallest absolute Gasteiger partial charge is 0.0367 e. The summed E-state index contributed by atoms with van der Waals surface area (Å²) in [6.45, 7) is 6.94. The third-order valence-corrected chi connectivity index (χ3v) is 4.33. The number of unbranched alkanes of at least 4 members (excludes halogenated alkanes) is 1. The number of nitrogens with zero attached hydrogens (tertiary/aromatic N) is 2. The minimum atomic E-state index is 1.16. The van der Waals surface area contributed by atoms with E-state index in [4.69, 9.17) is 0 Å². The maximum absolute atomic E-state index is 2.52. The normalized spacial score (nSPS) is 17.4. The summed E-state index contributed by atoms with van der Waals surface area (Å²) in [6, 6.07) is 10.7. The molecule has 0 saturated carbocycles. The van der Waals surface area contributed by atoms with Crippen LogP contribution in [0, 0.1) is 0 Å². The zero-order valence-corrected chi connectivity index (χ0v) is 11.5. The standard InChI is InChI=1S/C14H22N2S/c1-2-3-13-17-16-11-9-15(10-12-16)14-7-5-4-6-8-14/h4-8H,2-3,9-13H2,1H3. The fourth-order valence-electron chi connectivity index (χ4n) is 2.05. The summed E-state index contributed by atoms with van der Waals surface area (Å²) >= 11 is 2.03. The Hall–Kier alpha value is -0.670. The first-order valence-electron chi connectivity index (χ1n) is 6.58. The number of anilines is 1. The highest BCUT2D eigenvalue weighted by Gasteiger charge is 2.16. The van der Waals surface area contributed by atoms with Gasteiger partial charge in [-0.1, -0.05) is 43.5 Å². The molecule has 1 aliphatic heterocycles. The van der Waals surface area contributed by atoms with E-state index in [9.17, 15) is 0 Å². The zero-order valence-electron chi connectivity index (χ0n) is 10.6. The Morgan fingerprint density at radius 3 is 2.41 bits per heavy atom. The summed E-state index contributed by atoms with van der Waals surface area (Å²) in [5.74, 6) is 1.28. The predicted molar refractivity (Wildman–Crippen MR) is 77.6 cm³/mol. The second kappa shape index (κ2) is 6.92. The van der Waals surface area contributed by atoms with Crippen LogP contribution in [0.4, 0.5) is 5.69 Å². The second-order valence-corrected chi connectivity index (χ2v) is 5.62. The van der Waals surface area contributed by atoms with Crippen LogP contribution in [0.2, 0.25) is 0 Å². The van der Waals surface area contributed by atoms with Gasteiger partial charge >= 0.3 is 0 Å². The Bertz CT molecular complexity index is 307. The highest BCUT2D eigenvalue weighted by molar-refractivity contribution is 7.97. The van der Waals surface area contributed by atoms with Crippen molar-refractivity contribution in [2.24, 2.45) is 0 Å². The summed E-state index contributed by atoms with van der Waals surface area (Å²) in [5.41, 5.74) is 1.37. The first-order chi connectivity index (χ1) is 8.40.